The summed E-state index contributed by atoms with van der Waals surface area (Å²) < 4.78 is 0. The van der Waals surface area contributed by atoms with E-state index >= 15 is 0 Å². The Morgan fingerprint density at radius 2 is 1.44 bits per heavy atom. The van der Waals surface area contributed by atoms with E-state index in [1.165, 1.54) is 4.90 Å². The van der Waals surface area contributed by atoms with Crippen molar-refractivity contribution in [3.63, 3.8) is 0 Å². The first-order valence-corrected chi connectivity index (χ1v) is 8.70. The molecule has 3 rings (SSSR count). The van der Waals surface area contributed by atoms with E-state index in [0.29, 0.717) is 22.3 Å². The van der Waals surface area contributed by atoms with Gasteiger partial charge in [0.2, 0.25) is 5.91 Å². The number of nitriles is 2. The Morgan fingerprint density at radius 1 is 0.926 bits per heavy atom. The first-order valence-electron chi connectivity index (χ1n) is 8.26. The van der Waals surface area contributed by atoms with E-state index in [-0.39, 0.29) is 19.5 Å². The van der Waals surface area contributed by atoms with Crippen LogP contribution in [0.5, 0.6) is 0 Å². The van der Waals surface area contributed by atoms with Gasteiger partial charge >= 0.3 is 6.03 Å². The molecule has 0 aliphatic carbocycles. The normalized spacial score (nSPS) is 16.8. The minimum absolute atomic E-state index is 0.00139. The van der Waals surface area contributed by atoms with Gasteiger partial charge in [0.25, 0.3) is 0 Å². The zero-order chi connectivity index (χ0) is 19.4. The maximum atomic E-state index is 12.9. The van der Waals surface area contributed by atoms with Gasteiger partial charge in [0.15, 0.2) is 0 Å². The highest BCUT2D eigenvalue weighted by Crippen LogP contribution is 2.25. The number of hydrogen-bond acceptors (Lipinski definition) is 4. The van der Waals surface area contributed by atoms with Crippen LogP contribution in [-0.4, -0.2) is 27.2 Å². The SMILES string of the molecule is N#Cc1ccccc1CN1C(=O)CC(Cl)N(Cc2ccccc2C#N)C1=O. The maximum absolute atomic E-state index is 12.9. The molecule has 7 heteroatoms. The number of nitrogens with zero attached hydrogens (tertiary/aromatic N) is 4. The van der Waals surface area contributed by atoms with Gasteiger partial charge in [-0.2, -0.15) is 10.5 Å². The van der Waals surface area contributed by atoms with Crippen molar-refractivity contribution in [1.29, 1.82) is 10.5 Å². The van der Waals surface area contributed by atoms with Gasteiger partial charge in [0, 0.05) is 0 Å². The molecule has 2 aromatic carbocycles. The fourth-order valence-corrected chi connectivity index (χ4v) is 3.24. The van der Waals surface area contributed by atoms with E-state index in [2.05, 4.69) is 12.1 Å². The van der Waals surface area contributed by atoms with Gasteiger partial charge in [0.05, 0.1) is 42.8 Å². The zero-order valence-electron chi connectivity index (χ0n) is 14.3. The first-order chi connectivity index (χ1) is 13.0. The molecule has 1 heterocycles. The predicted octanol–water partition coefficient (Wildman–Crippen LogP) is 3.35. The molecule has 1 unspecified atom stereocenters. The third-order valence-corrected chi connectivity index (χ3v) is 4.79. The zero-order valence-corrected chi connectivity index (χ0v) is 15.1. The maximum Gasteiger partial charge on any atom is 0.328 e. The van der Waals surface area contributed by atoms with Crippen molar-refractivity contribution >= 4 is 23.5 Å². The number of carbonyl (C=O) groups excluding carboxylic acids is 2. The molecule has 0 bridgehead atoms. The summed E-state index contributed by atoms with van der Waals surface area (Å²) in [6, 6.07) is 17.4. The van der Waals surface area contributed by atoms with Gasteiger partial charge < -0.3 is 4.90 Å². The fourth-order valence-electron chi connectivity index (χ4n) is 2.96. The van der Waals surface area contributed by atoms with E-state index in [4.69, 9.17) is 11.6 Å². The average molecular weight is 379 g/mol. The summed E-state index contributed by atoms with van der Waals surface area (Å²) in [4.78, 5) is 27.8. The molecule has 134 valence electrons. The Morgan fingerprint density at radius 3 is 2.00 bits per heavy atom. The molecular weight excluding hydrogens is 364 g/mol. The highest BCUT2D eigenvalue weighted by Gasteiger charge is 2.38. The number of imide groups is 1. The molecule has 1 aliphatic heterocycles. The fraction of sp³-hybridized carbons (Fsp3) is 0.200. The number of alkyl halides is 1. The quantitative estimate of drug-likeness (QED) is 0.602. The third-order valence-electron chi connectivity index (χ3n) is 4.40. The molecule has 2 aromatic rings. The minimum Gasteiger partial charge on any atom is -0.303 e. The Labute approximate surface area is 161 Å². The summed E-state index contributed by atoms with van der Waals surface area (Å²) in [5, 5.41) is 18.5. The van der Waals surface area contributed by atoms with E-state index in [0.717, 1.165) is 4.90 Å². The second-order valence-corrected chi connectivity index (χ2v) is 6.57. The van der Waals surface area contributed by atoms with Crippen molar-refractivity contribution in [2.75, 3.05) is 0 Å². The Bertz CT molecular complexity index is 976. The molecule has 1 fully saturated rings. The number of rotatable bonds is 4. The van der Waals surface area contributed by atoms with E-state index in [1.807, 2.05) is 0 Å². The summed E-state index contributed by atoms with van der Waals surface area (Å²) in [5.74, 6) is -0.391. The number of halogens is 1. The topological polar surface area (TPSA) is 88.2 Å². The monoisotopic (exact) mass is 378 g/mol. The number of hydrogen-bond donors (Lipinski definition) is 0. The molecule has 0 spiro atoms. The molecule has 0 aromatic heterocycles. The molecule has 0 saturated carbocycles. The standard InChI is InChI=1S/C20H15ClN4O2/c21-18-9-19(26)25(13-17-8-4-2-6-15(17)11-23)20(27)24(18)12-16-7-3-1-5-14(16)10-22/h1-8,18H,9,12-13H2. The lowest BCUT2D eigenvalue weighted by Crippen LogP contribution is -2.54. The lowest BCUT2D eigenvalue weighted by Gasteiger charge is -2.37. The first kappa shape index (κ1) is 18.4. The van der Waals surface area contributed by atoms with Crippen molar-refractivity contribution in [3.8, 4) is 12.1 Å². The Hall–Kier alpha value is -3.35. The lowest BCUT2D eigenvalue weighted by molar-refractivity contribution is -0.132. The molecule has 0 radical (unpaired) electrons. The Kier molecular flexibility index (Phi) is 5.40. The van der Waals surface area contributed by atoms with Crippen LogP contribution in [0, 0.1) is 22.7 Å². The Balaban J connectivity index is 1.87. The van der Waals surface area contributed by atoms with Gasteiger partial charge in [-0.15, -0.1) is 0 Å². The smallest absolute Gasteiger partial charge is 0.303 e. The average Bonchev–Trinajstić information content (AvgIpc) is 2.69. The number of benzene rings is 2. The highest BCUT2D eigenvalue weighted by atomic mass is 35.5. The molecule has 1 saturated heterocycles. The van der Waals surface area contributed by atoms with Crippen LogP contribution in [0.15, 0.2) is 48.5 Å². The molecule has 27 heavy (non-hydrogen) atoms. The van der Waals surface area contributed by atoms with Crippen LogP contribution in [-0.2, 0) is 17.9 Å². The summed E-state index contributed by atoms with van der Waals surface area (Å²) in [6.07, 6.45) is -0.0310. The van der Waals surface area contributed by atoms with Crippen molar-refractivity contribution in [2.24, 2.45) is 0 Å². The van der Waals surface area contributed by atoms with Crippen LogP contribution in [0.2, 0.25) is 0 Å². The van der Waals surface area contributed by atoms with Gasteiger partial charge in [-0.3, -0.25) is 9.69 Å². The second-order valence-electron chi connectivity index (χ2n) is 6.07. The van der Waals surface area contributed by atoms with E-state index in [1.54, 1.807) is 48.5 Å². The van der Waals surface area contributed by atoms with Crippen LogP contribution >= 0.6 is 11.6 Å². The molecule has 1 atom stereocenters. The summed E-state index contributed by atoms with van der Waals surface area (Å²) >= 11 is 6.27. The third kappa shape index (κ3) is 3.76. The van der Waals surface area contributed by atoms with Crippen molar-refractivity contribution in [1.82, 2.24) is 9.80 Å². The van der Waals surface area contributed by atoms with Crippen molar-refractivity contribution in [3.05, 3.63) is 70.8 Å². The van der Waals surface area contributed by atoms with E-state index < -0.39 is 17.4 Å². The number of urea groups is 1. The van der Waals surface area contributed by atoms with Crippen molar-refractivity contribution < 1.29 is 9.59 Å². The van der Waals surface area contributed by atoms with E-state index in [9.17, 15) is 20.1 Å². The summed E-state index contributed by atoms with van der Waals surface area (Å²) in [5.41, 5.74) is 1.32. The van der Waals surface area contributed by atoms with Gasteiger partial charge in [-0.25, -0.2) is 4.79 Å². The minimum atomic E-state index is -0.792. The van der Waals surface area contributed by atoms with Gasteiger partial charge in [-0.1, -0.05) is 48.0 Å². The summed E-state index contributed by atoms with van der Waals surface area (Å²) in [7, 11) is 0. The van der Waals surface area contributed by atoms with Crippen LogP contribution in [0.3, 0.4) is 0 Å². The highest BCUT2D eigenvalue weighted by molar-refractivity contribution is 6.23. The second kappa shape index (κ2) is 7.90. The lowest BCUT2D eigenvalue weighted by atomic mass is 10.1. The van der Waals surface area contributed by atoms with Crippen LogP contribution in [0.4, 0.5) is 4.79 Å². The number of carbonyl (C=O) groups is 2. The largest absolute Gasteiger partial charge is 0.328 e. The molecule has 3 amide bonds. The summed E-state index contributed by atoms with van der Waals surface area (Å²) in [6.45, 7) is 0.127. The molecule has 0 N–H and O–H groups in total. The molecular formula is C20H15ClN4O2. The molecule has 6 nitrogen and oxygen atoms in total. The van der Waals surface area contributed by atoms with Crippen LogP contribution < -0.4 is 0 Å². The van der Waals surface area contributed by atoms with Gasteiger partial charge in [-0.05, 0) is 23.3 Å². The molecule has 1 aliphatic rings. The predicted molar refractivity (Wildman–Crippen MR) is 98.1 cm³/mol. The van der Waals surface area contributed by atoms with Gasteiger partial charge in [0.1, 0.15) is 5.50 Å². The number of amides is 3. The van der Waals surface area contributed by atoms with Crippen molar-refractivity contribution in [2.45, 2.75) is 25.0 Å². The van der Waals surface area contributed by atoms with Crippen LogP contribution in [0.25, 0.3) is 0 Å². The van der Waals surface area contributed by atoms with Crippen LogP contribution in [0.1, 0.15) is 28.7 Å².